The van der Waals surface area contributed by atoms with Gasteiger partial charge in [0.05, 0.1) is 0 Å². The Morgan fingerprint density at radius 3 is 2.78 bits per heavy atom. The van der Waals surface area contributed by atoms with Crippen LogP contribution in [0.2, 0.25) is 0 Å². The van der Waals surface area contributed by atoms with Gasteiger partial charge in [-0.2, -0.15) is 11.8 Å². The van der Waals surface area contributed by atoms with Gasteiger partial charge in [0.2, 0.25) is 0 Å². The normalized spacial score (nSPS) is 20.2. The molecule has 1 aromatic carbocycles. The van der Waals surface area contributed by atoms with Crippen LogP contribution in [0.4, 0.5) is 10.1 Å². The van der Waals surface area contributed by atoms with Crippen molar-refractivity contribution in [3.63, 3.8) is 0 Å². The summed E-state index contributed by atoms with van der Waals surface area (Å²) in [4.78, 5) is 2.32. The number of halogens is 1. The predicted molar refractivity (Wildman–Crippen MR) is 75.8 cm³/mol. The van der Waals surface area contributed by atoms with Gasteiger partial charge in [0.25, 0.3) is 0 Å². The number of nitrogens with zero attached hydrogens (tertiary/aromatic N) is 1. The highest BCUT2D eigenvalue weighted by molar-refractivity contribution is 7.99. The molecule has 2 nitrogen and oxygen atoms in total. The van der Waals surface area contributed by atoms with Gasteiger partial charge in [-0.3, -0.25) is 0 Å². The van der Waals surface area contributed by atoms with Crippen molar-refractivity contribution in [2.24, 2.45) is 0 Å². The summed E-state index contributed by atoms with van der Waals surface area (Å²) in [6.07, 6.45) is 2.48. The first kappa shape index (κ1) is 12.3. The van der Waals surface area contributed by atoms with Crippen LogP contribution in [0, 0.1) is 5.82 Å². The molecule has 0 bridgehead atoms. The lowest BCUT2D eigenvalue weighted by atomic mass is 10.1. The second kappa shape index (κ2) is 5.49. The van der Waals surface area contributed by atoms with Gasteiger partial charge in [-0.05, 0) is 25.0 Å². The van der Waals surface area contributed by atoms with Gasteiger partial charge in [0, 0.05) is 48.4 Å². The van der Waals surface area contributed by atoms with Gasteiger partial charge in [0.15, 0.2) is 0 Å². The summed E-state index contributed by atoms with van der Waals surface area (Å²) in [6, 6.07) is 6.08. The zero-order valence-corrected chi connectivity index (χ0v) is 11.3. The molecule has 0 amide bonds. The molecule has 2 fully saturated rings. The van der Waals surface area contributed by atoms with Gasteiger partial charge in [-0.25, -0.2) is 4.39 Å². The average Bonchev–Trinajstić information content (AvgIpc) is 3.22. The summed E-state index contributed by atoms with van der Waals surface area (Å²) < 4.78 is 14.0. The Morgan fingerprint density at radius 2 is 2.06 bits per heavy atom. The van der Waals surface area contributed by atoms with Crippen molar-refractivity contribution >= 4 is 17.4 Å². The predicted octanol–water partition coefficient (Wildman–Crippen LogP) is 2.63. The molecule has 1 saturated heterocycles. The Bertz CT molecular complexity index is 414. The van der Waals surface area contributed by atoms with E-state index >= 15 is 0 Å². The molecule has 1 N–H and O–H groups in total. The number of anilines is 1. The van der Waals surface area contributed by atoms with Crippen molar-refractivity contribution in [2.75, 3.05) is 29.5 Å². The lowest BCUT2D eigenvalue weighted by Crippen LogP contribution is -2.34. The third kappa shape index (κ3) is 2.81. The first-order valence-electron chi connectivity index (χ1n) is 6.68. The van der Waals surface area contributed by atoms with Crippen LogP contribution in [0.5, 0.6) is 0 Å². The second-order valence-corrected chi connectivity index (χ2v) is 6.22. The van der Waals surface area contributed by atoms with Crippen LogP contribution in [-0.2, 0) is 6.54 Å². The van der Waals surface area contributed by atoms with E-state index in [1.165, 1.54) is 12.8 Å². The number of hydrogen-bond donors (Lipinski definition) is 1. The number of hydrogen-bond acceptors (Lipinski definition) is 3. The van der Waals surface area contributed by atoms with Crippen molar-refractivity contribution < 1.29 is 4.39 Å². The Balaban J connectivity index is 1.79. The minimum absolute atomic E-state index is 0.0705. The molecule has 4 heteroatoms. The van der Waals surface area contributed by atoms with Crippen LogP contribution >= 0.6 is 11.8 Å². The molecule has 1 aliphatic carbocycles. The van der Waals surface area contributed by atoms with Gasteiger partial charge >= 0.3 is 0 Å². The fourth-order valence-electron chi connectivity index (χ4n) is 2.36. The molecule has 18 heavy (non-hydrogen) atoms. The summed E-state index contributed by atoms with van der Waals surface area (Å²) in [5.74, 6) is 2.22. The fraction of sp³-hybridized carbons (Fsp3) is 0.571. The van der Waals surface area contributed by atoms with E-state index < -0.39 is 0 Å². The Hall–Kier alpha value is -0.740. The maximum absolute atomic E-state index is 14.0. The SMILES string of the molecule is Fc1cccc(N2CCSCC2)c1CNC1CC1. The van der Waals surface area contributed by atoms with E-state index in [4.69, 9.17) is 0 Å². The molecular weight excluding hydrogens is 247 g/mol. The fourth-order valence-corrected chi connectivity index (χ4v) is 3.26. The Labute approximate surface area is 112 Å². The van der Waals surface area contributed by atoms with E-state index in [1.807, 2.05) is 17.8 Å². The monoisotopic (exact) mass is 266 g/mol. The smallest absolute Gasteiger partial charge is 0.129 e. The summed E-state index contributed by atoms with van der Waals surface area (Å²) >= 11 is 1.98. The molecule has 1 heterocycles. The molecule has 1 saturated carbocycles. The highest BCUT2D eigenvalue weighted by Crippen LogP contribution is 2.27. The molecule has 1 aromatic rings. The van der Waals surface area contributed by atoms with Crippen molar-refractivity contribution in [2.45, 2.75) is 25.4 Å². The van der Waals surface area contributed by atoms with Gasteiger partial charge in [-0.15, -0.1) is 0 Å². The topological polar surface area (TPSA) is 15.3 Å². The summed E-state index contributed by atoms with van der Waals surface area (Å²) in [5, 5.41) is 3.42. The molecular formula is C14H19FN2S. The standard InChI is InChI=1S/C14H19FN2S/c15-13-2-1-3-14(17-6-8-18-9-7-17)12(13)10-16-11-4-5-11/h1-3,11,16H,4-10H2. The maximum atomic E-state index is 14.0. The summed E-state index contributed by atoms with van der Waals surface area (Å²) in [5.41, 5.74) is 1.93. The third-order valence-corrected chi connectivity index (χ3v) is 4.53. The Kier molecular flexibility index (Phi) is 3.75. The average molecular weight is 266 g/mol. The molecule has 98 valence electrons. The van der Waals surface area contributed by atoms with Crippen LogP contribution < -0.4 is 10.2 Å². The minimum atomic E-state index is -0.0705. The van der Waals surface area contributed by atoms with Gasteiger partial charge < -0.3 is 10.2 Å². The minimum Gasteiger partial charge on any atom is -0.370 e. The molecule has 3 rings (SSSR count). The highest BCUT2D eigenvalue weighted by Gasteiger charge is 2.22. The van der Waals surface area contributed by atoms with Crippen LogP contribution in [0.3, 0.4) is 0 Å². The molecule has 0 spiro atoms. The largest absolute Gasteiger partial charge is 0.370 e. The van der Waals surface area contributed by atoms with Gasteiger partial charge in [0.1, 0.15) is 5.82 Å². The Morgan fingerprint density at radius 1 is 1.28 bits per heavy atom. The van der Waals surface area contributed by atoms with Crippen molar-refractivity contribution in [3.8, 4) is 0 Å². The van der Waals surface area contributed by atoms with Crippen LogP contribution in [-0.4, -0.2) is 30.6 Å². The molecule has 1 aliphatic heterocycles. The molecule has 0 aromatic heterocycles. The van der Waals surface area contributed by atoms with E-state index in [9.17, 15) is 4.39 Å². The van der Waals surface area contributed by atoms with Crippen molar-refractivity contribution in [1.29, 1.82) is 0 Å². The third-order valence-electron chi connectivity index (χ3n) is 3.59. The maximum Gasteiger partial charge on any atom is 0.129 e. The number of thioether (sulfide) groups is 1. The first-order chi connectivity index (χ1) is 8.84. The van der Waals surface area contributed by atoms with Crippen LogP contribution in [0.25, 0.3) is 0 Å². The van der Waals surface area contributed by atoms with Gasteiger partial charge in [-0.1, -0.05) is 6.07 Å². The van der Waals surface area contributed by atoms with E-state index in [2.05, 4.69) is 16.3 Å². The second-order valence-electron chi connectivity index (χ2n) is 4.99. The first-order valence-corrected chi connectivity index (χ1v) is 7.83. The summed E-state index contributed by atoms with van der Waals surface area (Å²) in [7, 11) is 0. The van der Waals surface area contributed by atoms with E-state index in [-0.39, 0.29) is 5.82 Å². The number of rotatable bonds is 4. The lowest BCUT2D eigenvalue weighted by Gasteiger charge is -2.30. The molecule has 0 atom stereocenters. The lowest BCUT2D eigenvalue weighted by molar-refractivity contribution is 0.585. The number of nitrogens with one attached hydrogen (secondary N) is 1. The summed E-state index contributed by atoms with van der Waals surface area (Å²) in [6.45, 7) is 2.73. The molecule has 0 radical (unpaired) electrons. The quantitative estimate of drug-likeness (QED) is 0.902. The zero-order valence-electron chi connectivity index (χ0n) is 10.5. The van der Waals surface area contributed by atoms with E-state index in [1.54, 1.807) is 6.07 Å². The van der Waals surface area contributed by atoms with Crippen LogP contribution in [0.1, 0.15) is 18.4 Å². The van der Waals surface area contributed by atoms with E-state index in [0.717, 1.165) is 35.8 Å². The van der Waals surface area contributed by atoms with Crippen molar-refractivity contribution in [1.82, 2.24) is 5.32 Å². The number of benzene rings is 1. The molecule has 0 unspecified atom stereocenters. The van der Waals surface area contributed by atoms with E-state index in [0.29, 0.717) is 12.6 Å². The zero-order chi connectivity index (χ0) is 12.4. The molecule has 2 aliphatic rings. The highest BCUT2D eigenvalue weighted by atomic mass is 32.2. The van der Waals surface area contributed by atoms with Crippen molar-refractivity contribution in [3.05, 3.63) is 29.6 Å². The van der Waals surface area contributed by atoms with Crippen LogP contribution in [0.15, 0.2) is 18.2 Å².